The zero-order chi connectivity index (χ0) is 46.1. The first-order valence-electron chi connectivity index (χ1n) is 28.2. The van der Waals surface area contributed by atoms with Crippen LogP contribution in [0.3, 0.4) is 0 Å². The minimum absolute atomic E-state index is 0.0628. The largest absolute Gasteiger partial charge is 0.462 e. The number of rotatable bonds is 51. The van der Waals surface area contributed by atoms with Gasteiger partial charge in [-0.3, -0.25) is 14.4 Å². The highest BCUT2D eigenvalue weighted by Crippen LogP contribution is 2.18. The smallest absolute Gasteiger partial charge is 0.306 e. The number of hydrogen-bond acceptors (Lipinski definition) is 6. The van der Waals surface area contributed by atoms with Gasteiger partial charge < -0.3 is 14.2 Å². The molecular formula is C57H110O6. The lowest BCUT2D eigenvalue weighted by atomic mass is 10.0. The van der Waals surface area contributed by atoms with Crippen molar-refractivity contribution in [2.45, 2.75) is 323 Å². The highest BCUT2D eigenvalue weighted by Gasteiger charge is 2.19. The average molecular weight is 892 g/mol. The van der Waals surface area contributed by atoms with Crippen LogP contribution < -0.4 is 0 Å². The summed E-state index contributed by atoms with van der Waals surface area (Å²) in [5, 5.41) is 0. The summed E-state index contributed by atoms with van der Waals surface area (Å²) in [6, 6.07) is 0. The second-order valence-electron chi connectivity index (χ2n) is 20.5. The van der Waals surface area contributed by atoms with Crippen LogP contribution in [0.1, 0.15) is 317 Å². The van der Waals surface area contributed by atoms with E-state index >= 15 is 0 Å². The second kappa shape index (κ2) is 49.8. The van der Waals surface area contributed by atoms with Crippen molar-refractivity contribution in [3.63, 3.8) is 0 Å². The fraction of sp³-hybridized carbons (Fsp3) is 0.947. The van der Waals surface area contributed by atoms with Crippen molar-refractivity contribution in [3.05, 3.63) is 0 Å². The molecule has 0 saturated carbocycles. The van der Waals surface area contributed by atoms with Crippen molar-refractivity contribution in [2.75, 3.05) is 13.2 Å². The molecule has 0 aliphatic carbocycles. The maximum atomic E-state index is 12.8. The predicted molar refractivity (Wildman–Crippen MR) is 270 cm³/mol. The van der Waals surface area contributed by atoms with E-state index in [2.05, 4.69) is 34.6 Å². The number of ether oxygens (including phenoxy) is 3. The third-order valence-corrected chi connectivity index (χ3v) is 13.0. The van der Waals surface area contributed by atoms with Crippen LogP contribution in [-0.4, -0.2) is 37.2 Å². The molecule has 0 rings (SSSR count). The first-order chi connectivity index (χ1) is 30.7. The third-order valence-electron chi connectivity index (χ3n) is 13.0. The first-order valence-corrected chi connectivity index (χ1v) is 28.2. The van der Waals surface area contributed by atoms with Crippen LogP contribution >= 0.6 is 0 Å². The van der Waals surface area contributed by atoms with Crippen LogP contribution in [0.15, 0.2) is 0 Å². The Bertz CT molecular complexity index is 962. The van der Waals surface area contributed by atoms with Crippen LogP contribution in [0.5, 0.6) is 0 Å². The minimum Gasteiger partial charge on any atom is -0.462 e. The molecule has 0 aromatic heterocycles. The lowest BCUT2D eigenvalue weighted by Crippen LogP contribution is -2.30. The van der Waals surface area contributed by atoms with Gasteiger partial charge in [0.15, 0.2) is 6.10 Å². The molecule has 0 amide bonds. The van der Waals surface area contributed by atoms with Crippen molar-refractivity contribution in [2.24, 2.45) is 11.8 Å². The Kier molecular flexibility index (Phi) is 48.6. The summed E-state index contributed by atoms with van der Waals surface area (Å²) in [5.41, 5.74) is 0. The van der Waals surface area contributed by atoms with E-state index in [4.69, 9.17) is 14.2 Å². The molecule has 374 valence electrons. The second-order valence-corrected chi connectivity index (χ2v) is 20.5. The molecule has 0 bridgehead atoms. The Morgan fingerprint density at radius 3 is 0.778 bits per heavy atom. The molecule has 63 heavy (non-hydrogen) atoms. The Morgan fingerprint density at radius 1 is 0.302 bits per heavy atom. The Hall–Kier alpha value is -1.59. The Morgan fingerprint density at radius 2 is 0.524 bits per heavy atom. The number of carbonyl (C=O) groups is 3. The summed E-state index contributed by atoms with van der Waals surface area (Å²) in [6.07, 6.45) is 52.3. The summed E-state index contributed by atoms with van der Waals surface area (Å²) in [5.74, 6) is 0.837. The molecular weight excluding hydrogens is 781 g/mol. The van der Waals surface area contributed by atoms with Crippen LogP contribution in [0.2, 0.25) is 0 Å². The van der Waals surface area contributed by atoms with E-state index in [1.54, 1.807) is 0 Å². The average Bonchev–Trinajstić information content (AvgIpc) is 3.25. The molecule has 0 fully saturated rings. The molecule has 0 heterocycles. The van der Waals surface area contributed by atoms with E-state index in [1.165, 1.54) is 205 Å². The Balaban J connectivity index is 4.30. The van der Waals surface area contributed by atoms with Gasteiger partial charge in [-0.1, -0.05) is 279 Å². The molecule has 0 N–H and O–H groups in total. The number of esters is 3. The van der Waals surface area contributed by atoms with Gasteiger partial charge in [0.25, 0.3) is 0 Å². The van der Waals surface area contributed by atoms with Gasteiger partial charge in [-0.05, 0) is 31.1 Å². The van der Waals surface area contributed by atoms with Gasteiger partial charge in [0.1, 0.15) is 13.2 Å². The highest BCUT2D eigenvalue weighted by atomic mass is 16.6. The predicted octanol–water partition coefficient (Wildman–Crippen LogP) is 18.5. The fourth-order valence-corrected chi connectivity index (χ4v) is 8.70. The van der Waals surface area contributed by atoms with Gasteiger partial charge in [-0.2, -0.15) is 0 Å². The van der Waals surface area contributed by atoms with Crippen molar-refractivity contribution < 1.29 is 28.6 Å². The van der Waals surface area contributed by atoms with Gasteiger partial charge in [0.2, 0.25) is 0 Å². The van der Waals surface area contributed by atoms with Crippen molar-refractivity contribution in [1.29, 1.82) is 0 Å². The van der Waals surface area contributed by atoms with Crippen LogP contribution in [0, 0.1) is 11.8 Å². The van der Waals surface area contributed by atoms with Crippen molar-refractivity contribution >= 4 is 17.9 Å². The third kappa shape index (κ3) is 51.3. The first kappa shape index (κ1) is 61.4. The van der Waals surface area contributed by atoms with Crippen molar-refractivity contribution in [1.82, 2.24) is 0 Å². The fourth-order valence-electron chi connectivity index (χ4n) is 8.70. The number of carbonyl (C=O) groups excluding carboxylic acids is 3. The molecule has 0 aromatic carbocycles. The molecule has 0 saturated heterocycles. The topological polar surface area (TPSA) is 78.9 Å². The molecule has 0 aliphatic rings. The SMILES string of the molecule is CCCCCCCCCCCCCCCC(=O)OC[C@@H](COC(=O)CCCCCCCCCCCCCCCC(C)C)OC(=O)CCCCCCCCCCCCCCCC(C)C. The van der Waals surface area contributed by atoms with Gasteiger partial charge >= 0.3 is 17.9 Å². The van der Waals surface area contributed by atoms with E-state index < -0.39 is 6.10 Å². The quantitative estimate of drug-likeness (QED) is 0.0344. The monoisotopic (exact) mass is 891 g/mol. The summed E-state index contributed by atoms with van der Waals surface area (Å²) in [6.45, 7) is 11.4. The maximum absolute atomic E-state index is 12.8. The van der Waals surface area contributed by atoms with Gasteiger partial charge in [0.05, 0.1) is 0 Å². The molecule has 0 aromatic rings. The molecule has 0 aliphatic heterocycles. The number of hydrogen-bond donors (Lipinski definition) is 0. The summed E-state index contributed by atoms with van der Waals surface area (Å²) < 4.78 is 16.9. The highest BCUT2D eigenvalue weighted by molar-refractivity contribution is 5.71. The molecule has 0 unspecified atom stereocenters. The molecule has 1 atom stereocenters. The standard InChI is InChI=1S/C57H110O6/c1-6-7-8-9-10-11-12-15-22-27-32-37-42-47-55(58)61-50-54(63-57(60)49-44-39-34-29-24-19-14-17-21-26-31-36-41-46-53(4)5)51-62-56(59)48-43-38-33-28-23-18-13-16-20-25-30-35-40-45-52(2)3/h52-54H,6-51H2,1-5H3/t54-/m0/s1. The molecule has 6 nitrogen and oxygen atoms in total. The lowest BCUT2D eigenvalue weighted by molar-refractivity contribution is -0.167. The van der Waals surface area contributed by atoms with Crippen LogP contribution in [0.25, 0.3) is 0 Å². The van der Waals surface area contributed by atoms with Crippen LogP contribution in [0.4, 0.5) is 0 Å². The van der Waals surface area contributed by atoms with E-state index in [0.717, 1.165) is 69.6 Å². The molecule has 6 heteroatoms. The molecule has 0 radical (unpaired) electrons. The zero-order valence-electron chi connectivity index (χ0n) is 43.2. The normalized spacial score (nSPS) is 12.0. The summed E-state index contributed by atoms with van der Waals surface area (Å²) >= 11 is 0. The van der Waals surface area contributed by atoms with Crippen LogP contribution in [-0.2, 0) is 28.6 Å². The number of unbranched alkanes of at least 4 members (excludes halogenated alkanes) is 36. The van der Waals surface area contributed by atoms with Crippen molar-refractivity contribution in [3.8, 4) is 0 Å². The van der Waals surface area contributed by atoms with E-state index in [9.17, 15) is 14.4 Å². The Labute approximate surface area is 393 Å². The summed E-state index contributed by atoms with van der Waals surface area (Å²) in [4.78, 5) is 38.1. The zero-order valence-corrected chi connectivity index (χ0v) is 43.2. The lowest BCUT2D eigenvalue weighted by Gasteiger charge is -2.18. The van der Waals surface area contributed by atoms with Gasteiger partial charge in [-0.15, -0.1) is 0 Å². The van der Waals surface area contributed by atoms with E-state index in [0.29, 0.717) is 19.3 Å². The minimum atomic E-state index is -0.762. The van der Waals surface area contributed by atoms with E-state index in [-0.39, 0.29) is 31.1 Å². The van der Waals surface area contributed by atoms with E-state index in [1.807, 2.05) is 0 Å². The summed E-state index contributed by atoms with van der Waals surface area (Å²) in [7, 11) is 0. The maximum Gasteiger partial charge on any atom is 0.306 e. The molecule has 0 spiro atoms. The van der Waals surface area contributed by atoms with Gasteiger partial charge in [0, 0.05) is 19.3 Å². The van der Waals surface area contributed by atoms with Gasteiger partial charge in [-0.25, -0.2) is 0 Å².